The van der Waals surface area contributed by atoms with Gasteiger partial charge in [0.1, 0.15) is 5.82 Å². The van der Waals surface area contributed by atoms with Gasteiger partial charge in [0.05, 0.1) is 25.2 Å². The molecule has 30 heavy (non-hydrogen) atoms. The molecular formula is C18H18F3N5O3S. The first kappa shape index (κ1) is 21.6. The Morgan fingerprint density at radius 3 is 2.60 bits per heavy atom. The van der Waals surface area contributed by atoms with Crippen molar-refractivity contribution in [2.45, 2.75) is 32.2 Å². The number of halogens is 3. The molecule has 12 heteroatoms. The Balaban J connectivity index is 0.000000318. The molecule has 0 atom stereocenters. The molecule has 1 amide bonds. The van der Waals surface area contributed by atoms with E-state index in [0.29, 0.717) is 19.5 Å². The smallest absolute Gasteiger partial charge is 0.475 e. The van der Waals surface area contributed by atoms with Crippen molar-refractivity contribution in [3.63, 3.8) is 0 Å². The van der Waals surface area contributed by atoms with Crippen LogP contribution in [0.2, 0.25) is 0 Å². The summed E-state index contributed by atoms with van der Waals surface area (Å²) in [5, 5.41) is 13.3. The number of thiophene rings is 1. The van der Waals surface area contributed by atoms with Crippen molar-refractivity contribution in [3.8, 4) is 0 Å². The predicted molar refractivity (Wildman–Crippen MR) is 101 cm³/mol. The third-order valence-corrected chi connectivity index (χ3v) is 5.11. The first-order valence-corrected chi connectivity index (χ1v) is 9.73. The molecule has 0 radical (unpaired) electrons. The quantitative estimate of drug-likeness (QED) is 0.671. The molecule has 0 spiro atoms. The highest BCUT2D eigenvalue weighted by atomic mass is 32.1. The van der Waals surface area contributed by atoms with E-state index in [2.05, 4.69) is 20.8 Å². The molecule has 0 unspecified atom stereocenters. The molecule has 3 aromatic heterocycles. The highest BCUT2D eigenvalue weighted by Crippen LogP contribution is 2.17. The van der Waals surface area contributed by atoms with Gasteiger partial charge in [-0.2, -0.15) is 18.3 Å². The molecule has 0 fully saturated rings. The van der Waals surface area contributed by atoms with Crippen LogP contribution in [-0.2, 0) is 35.6 Å². The van der Waals surface area contributed by atoms with Gasteiger partial charge in [-0.05, 0) is 17.5 Å². The van der Waals surface area contributed by atoms with Gasteiger partial charge in [-0.25, -0.2) is 9.78 Å². The number of imidazole rings is 1. The van der Waals surface area contributed by atoms with E-state index >= 15 is 0 Å². The van der Waals surface area contributed by atoms with E-state index in [0.717, 1.165) is 29.5 Å². The third kappa shape index (κ3) is 5.69. The van der Waals surface area contributed by atoms with Crippen molar-refractivity contribution in [1.82, 2.24) is 24.2 Å². The highest BCUT2D eigenvalue weighted by molar-refractivity contribution is 7.10. The van der Waals surface area contributed by atoms with Crippen LogP contribution in [0.25, 0.3) is 0 Å². The molecule has 0 bridgehead atoms. The maximum atomic E-state index is 12.4. The molecule has 0 saturated heterocycles. The summed E-state index contributed by atoms with van der Waals surface area (Å²) in [6.07, 6.45) is 1.16. The normalized spacial score (nSPS) is 13.4. The summed E-state index contributed by atoms with van der Waals surface area (Å²) in [6, 6.07) is 5.90. The minimum Gasteiger partial charge on any atom is -0.475 e. The van der Waals surface area contributed by atoms with E-state index in [1.165, 1.54) is 0 Å². The number of carboxylic acids is 1. The molecule has 0 aromatic carbocycles. The Hall–Kier alpha value is -3.15. The summed E-state index contributed by atoms with van der Waals surface area (Å²) in [7, 11) is 0. The van der Waals surface area contributed by atoms with Gasteiger partial charge in [0.25, 0.3) is 0 Å². The number of fused-ring (bicyclic) bond motifs is 1. The van der Waals surface area contributed by atoms with Crippen LogP contribution < -0.4 is 0 Å². The van der Waals surface area contributed by atoms with E-state index < -0.39 is 12.1 Å². The molecule has 1 aliphatic rings. The van der Waals surface area contributed by atoms with Crippen LogP contribution in [0.3, 0.4) is 0 Å². The maximum absolute atomic E-state index is 12.4. The number of aromatic nitrogens is 4. The number of carbonyl (C=O) groups is 2. The highest BCUT2D eigenvalue weighted by Gasteiger charge is 2.38. The molecule has 4 rings (SSSR count). The number of rotatable bonds is 4. The Bertz CT molecular complexity index is 984. The molecule has 8 nitrogen and oxygen atoms in total. The van der Waals surface area contributed by atoms with E-state index in [-0.39, 0.29) is 5.91 Å². The van der Waals surface area contributed by atoms with Gasteiger partial charge in [-0.15, -0.1) is 11.3 Å². The fourth-order valence-electron chi connectivity index (χ4n) is 2.83. The lowest BCUT2D eigenvalue weighted by molar-refractivity contribution is -0.192. The van der Waals surface area contributed by atoms with Crippen LogP contribution in [0, 0.1) is 0 Å². The maximum Gasteiger partial charge on any atom is 0.490 e. The molecule has 160 valence electrons. The van der Waals surface area contributed by atoms with Gasteiger partial charge >= 0.3 is 12.1 Å². The van der Waals surface area contributed by atoms with Crippen LogP contribution in [0.5, 0.6) is 0 Å². The third-order valence-electron chi connectivity index (χ3n) is 4.24. The predicted octanol–water partition coefficient (Wildman–Crippen LogP) is 2.41. The Labute approximate surface area is 173 Å². The van der Waals surface area contributed by atoms with Crippen molar-refractivity contribution >= 4 is 23.2 Å². The zero-order valence-electron chi connectivity index (χ0n) is 15.6. The molecule has 1 aliphatic heterocycles. The van der Waals surface area contributed by atoms with Crippen molar-refractivity contribution in [3.05, 3.63) is 58.6 Å². The van der Waals surface area contributed by atoms with E-state index in [1.807, 2.05) is 39.4 Å². The van der Waals surface area contributed by atoms with Crippen molar-refractivity contribution in [2.24, 2.45) is 0 Å². The van der Waals surface area contributed by atoms with E-state index in [1.54, 1.807) is 17.5 Å². The van der Waals surface area contributed by atoms with Gasteiger partial charge in [0.2, 0.25) is 5.91 Å². The molecule has 0 aliphatic carbocycles. The number of amides is 1. The van der Waals surface area contributed by atoms with Crippen molar-refractivity contribution in [1.29, 1.82) is 0 Å². The number of carbonyl (C=O) groups excluding carboxylic acids is 1. The summed E-state index contributed by atoms with van der Waals surface area (Å²) in [6.45, 7) is 2.80. The molecule has 4 heterocycles. The van der Waals surface area contributed by atoms with E-state index in [9.17, 15) is 18.0 Å². The van der Waals surface area contributed by atoms with Crippen LogP contribution in [0.15, 0.2) is 42.2 Å². The zero-order chi connectivity index (χ0) is 21.7. The molecule has 0 saturated carbocycles. The summed E-state index contributed by atoms with van der Waals surface area (Å²) < 4.78 is 35.7. The Morgan fingerprint density at radius 2 is 2.00 bits per heavy atom. The van der Waals surface area contributed by atoms with Gasteiger partial charge in [0.15, 0.2) is 0 Å². The second kappa shape index (κ2) is 9.11. The van der Waals surface area contributed by atoms with Gasteiger partial charge in [0, 0.05) is 36.6 Å². The summed E-state index contributed by atoms with van der Waals surface area (Å²) >= 11 is 1.63. The number of carboxylic acid groups (broad SMARTS) is 1. The summed E-state index contributed by atoms with van der Waals surface area (Å²) in [4.78, 5) is 29.0. The Morgan fingerprint density at radius 1 is 1.23 bits per heavy atom. The van der Waals surface area contributed by atoms with Crippen LogP contribution >= 0.6 is 11.3 Å². The minimum absolute atomic E-state index is 0.176. The topological polar surface area (TPSA) is 93.3 Å². The minimum atomic E-state index is -5.08. The first-order chi connectivity index (χ1) is 14.2. The lowest BCUT2D eigenvalue weighted by Crippen LogP contribution is -2.39. The SMILES string of the molecule is O=C(Cc1cccs1)N1CCn2cc(Cn3cccn3)nc2C1.O=C(O)C(F)(F)F. The first-order valence-electron chi connectivity index (χ1n) is 8.85. The number of hydrogen-bond donors (Lipinski definition) is 1. The van der Waals surface area contributed by atoms with Gasteiger partial charge in [-0.3, -0.25) is 9.48 Å². The second-order valence-electron chi connectivity index (χ2n) is 6.42. The molecular weight excluding hydrogens is 423 g/mol. The van der Waals surface area contributed by atoms with Crippen LogP contribution in [0.4, 0.5) is 13.2 Å². The monoisotopic (exact) mass is 441 g/mol. The summed E-state index contributed by atoms with van der Waals surface area (Å²) in [5.74, 6) is -1.62. The second-order valence-corrected chi connectivity index (χ2v) is 7.45. The summed E-state index contributed by atoms with van der Waals surface area (Å²) in [5.41, 5.74) is 0.983. The number of aliphatic carboxylic acids is 1. The van der Waals surface area contributed by atoms with Crippen molar-refractivity contribution < 1.29 is 27.9 Å². The lowest BCUT2D eigenvalue weighted by Gasteiger charge is -2.27. The molecule has 1 N–H and O–H groups in total. The fraction of sp³-hybridized carbons (Fsp3) is 0.333. The average Bonchev–Trinajstić information content (AvgIpc) is 3.42. The van der Waals surface area contributed by atoms with Crippen LogP contribution in [0.1, 0.15) is 16.4 Å². The molecule has 3 aromatic rings. The largest absolute Gasteiger partial charge is 0.490 e. The Kier molecular flexibility index (Phi) is 6.55. The zero-order valence-corrected chi connectivity index (χ0v) is 16.4. The number of nitrogens with zero attached hydrogens (tertiary/aromatic N) is 5. The fourth-order valence-corrected chi connectivity index (χ4v) is 3.53. The van der Waals surface area contributed by atoms with Crippen LogP contribution in [-0.4, -0.2) is 53.9 Å². The van der Waals surface area contributed by atoms with Gasteiger partial charge in [-0.1, -0.05) is 6.07 Å². The lowest BCUT2D eigenvalue weighted by atomic mass is 10.2. The van der Waals surface area contributed by atoms with Crippen molar-refractivity contribution in [2.75, 3.05) is 6.54 Å². The average molecular weight is 441 g/mol. The number of alkyl halides is 3. The number of hydrogen-bond acceptors (Lipinski definition) is 5. The van der Waals surface area contributed by atoms with E-state index in [4.69, 9.17) is 9.90 Å². The standard InChI is InChI=1S/C16H17N5OS.C2HF3O2/c22-16(9-14-3-1-8-23-14)20-7-6-19-10-13(18-15(19)12-20)11-21-5-2-4-17-21;3-2(4,5)1(6)7/h1-5,8,10H,6-7,9,11-12H2;(H,6,7). The van der Waals surface area contributed by atoms with Gasteiger partial charge < -0.3 is 14.6 Å².